The van der Waals surface area contributed by atoms with Crippen LogP contribution in [0.25, 0.3) is 0 Å². The fourth-order valence-corrected chi connectivity index (χ4v) is 3.17. The predicted molar refractivity (Wildman–Crippen MR) is 81.8 cm³/mol. The van der Waals surface area contributed by atoms with Gasteiger partial charge in [-0.2, -0.15) is 0 Å². The highest BCUT2D eigenvalue weighted by Gasteiger charge is 2.29. The summed E-state index contributed by atoms with van der Waals surface area (Å²) in [6.45, 7) is 16.8. The van der Waals surface area contributed by atoms with Crippen LogP contribution < -0.4 is 0 Å². The van der Waals surface area contributed by atoms with Gasteiger partial charge in [0.15, 0.2) is 0 Å². The van der Waals surface area contributed by atoms with Gasteiger partial charge < -0.3 is 14.7 Å². The maximum atomic E-state index is 12.6. The molecule has 0 N–H and O–H groups in total. The Labute approximate surface area is 123 Å². The molecule has 0 aromatic heterocycles. The van der Waals surface area contributed by atoms with Crippen LogP contribution >= 0.6 is 0 Å². The van der Waals surface area contributed by atoms with Crippen LogP contribution in [0.4, 0.5) is 0 Å². The molecule has 1 amide bonds. The number of carbonyl (C=O) groups is 1. The second-order valence-electron chi connectivity index (χ2n) is 5.91. The Kier molecular flexibility index (Phi) is 5.81. The van der Waals surface area contributed by atoms with E-state index in [1.54, 1.807) is 0 Å². The second kappa shape index (κ2) is 7.38. The van der Waals surface area contributed by atoms with E-state index in [9.17, 15) is 4.79 Å². The van der Waals surface area contributed by atoms with E-state index in [0.29, 0.717) is 5.91 Å². The normalized spacial score (nSPS) is 24.9. The molecule has 5 nitrogen and oxygen atoms in total. The monoisotopic (exact) mass is 282 g/mol. The summed E-state index contributed by atoms with van der Waals surface area (Å²) < 4.78 is 0. The molecule has 2 aliphatic heterocycles. The molecule has 2 rings (SSSR count). The molecule has 5 heteroatoms. The highest BCUT2D eigenvalue weighted by atomic mass is 16.2. The Hall–Kier alpha value is -0.650. The maximum Gasteiger partial charge on any atom is 0.239 e. The van der Waals surface area contributed by atoms with Crippen LogP contribution in [-0.4, -0.2) is 97.0 Å². The van der Waals surface area contributed by atoms with Crippen LogP contribution in [0.2, 0.25) is 0 Å². The second-order valence-corrected chi connectivity index (χ2v) is 5.91. The molecule has 0 spiro atoms. The fourth-order valence-electron chi connectivity index (χ4n) is 3.17. The quantitative estimate of drug-likeness (QED) is 0.736. The first kappa shape index (κ1) is 15.7. The van der Waals surface area contributed by atoms with Crippen LogP contribution in [0.1, 0.15) is 20.8 Å². The number of hydrogen-bond acceptors (Lipinski definition) is 4. The lowest BCUT2D eigenvalue weighted by molar-refractivity contribution is -0.138. The van der Waals surface area contributed by atoms with Crippen LogP contribution in [0.3, 0.4) is 0 Å². The van der Waals surface area contributed by atoms with Gasteiger partial charge in [0.05, 0.1) is 6.04 Å². The van der Waals surface area contributed by atoms with Crippen molar-refractivity contribution in [3.8, 4) is 0 Å². The van der Waals surface area contributed by atoms with Crippen molar-refractivity contribution in [3.63, 3.8) is 0 Å². The summed E-state index contributed by atoms with van der Waals surface area (Å²) >= 11 is 0. The number of carbonyl (C=O) groups excluding carboxylic acids is 1. The predicted octanol–water partition coefficient (Wildman–Crippen LogP) is 0.177. The first-order chi connectivity index (χ1) is 9.65. The van der Waals surface area contributed by atoms with Gasteiger partial charge in [0.1, 0.15) is 0 Å². The number of amides is 1. The smallest absolute Gasteiger partial charge is 0.239 e. The summed E-state index contributed by atoms with van der Waals surface area (Å²) in [6, 6.07) is 0.0437. The Balaban J connectivity index is 1.80. The fraction of sp³-hybridized carbons (Fsp3) is 0.933. The van der Waals surface area contributed by atoms with Crippen LogP contribution in [0.5, 0.6) is 0 Å². The third kappa shape index (κ3) is 3.71. The summed E-state index contributed by atoms with van der Waals surface area (Å²) in [5, 5.41) is 0. The molecule has 2 saturated heterocycles. The molecule has 0 aromatic rings. The van der Waals surface area contributed by atoms with Gasteiger partial charge >= 0.3 is 0 Å². The third-order valence-electron chi connectivity index (χ3n) is 4.89. The molecular formula is C15H30N4O. The Morgan fingerprint density at radius 3 is 1.75 bits per heavy atom. The minimum absolute atomic E-state index is 0.0437. The minimum Gasteiger partial charge on any atom is -0.339 e. The third-order valence-corrected chi connectivity index (χ3v) is 4.89. The van der Waals surface area contributed by atoms with E-state index in [0.717, 1.165) is 65.4 Å². The molecule has 0 aromatic carbocycles. The lowest BCUT2D eigenvalue weighted by Gasteiger charge is -2.40. The lowest BCUT2D eigenvalue weighted by Crippen LogP contribution is -2.57. The Bertz CT molecular complexity index is 307. The van der Waals surface area contributed by atoms with Crippen molar-refractivity contribution in [3.05, 3.63) is 0 Å². The van der Waals surface area contributed by atoms with Gasteiger partial charge in [-0.05, 0) is 20.0 Å². The molecular weight excluding hydrogens is 252 g/mol. The van der Waals surface area contributed by atoms with Crippen molar-refractivity contribution in [2.75, 3.05) is 65.4 Å². The van der Waals surface area contributed by atoms with E-state index in [4.69, 9.17) is 0 Å². The standard InChI is InChI=1S/C15H30N4O/c1-4-16-6-10-18(11-7-16)14(3)15(20)19-12-8-17(5-2)9-13-19/h14H,4-13H2,1-3H3. The molecule has 0 radical (unpaired) electrons. The van der Waals surface area contributed by atoms with E-state index < -0.39 is 0 Å². The molecule has 2 fully saturated rings. The molecule has 20 heavy (non-hydrogen) atoms. The van der Waals surface area contributed by atoms with Crippen molar-refractivity contribution in [2.45, 2.75) is 26.8 Å². The summed E-state index contributed by atoms with van der Waals surface area (Å²) in [7, 11) is 0. The number of piperazine rings is 2. The average Bonchev–Trinajstić information content (AvgIpc) is 2.53. The van der Waals surface area contributed by atoms with Gasteiger partial charge in [-0.1, -0.05) is 13.8 Å². The first-order valence-corrected chi connectivity index (χ1v) is 8.13. The van der Waals surface area contributed by atoms with Crippen molar-refractivity contribution in [1.82, 2.24) is 19.6 Å². The molecule has 2 heterocycles. The van der Waals surface area contributed by atoms with Crippen molar-refractivity contribution in [1.29, 1.82) is 0 Å². The number of rotatable bonds is 4. The van der Waals surface area contributed by atoms with Crippen LogP contribution in [0.15, 0.2) is 0 Å². The zero-order valence-electron chi connectivity index (χ0n) is 13.3. The van der Waals surface area contributed by atoms with Gasteiger partial charge in [0.25, 0.3) is 0 Å². The number of likely N-dealkylation sites (N-methyl/N-ethyl adjacent to an activating group) is 2. The summed E-state index contributed by atoms with van der Waals surface area (Å²) in [4.78, 5) is 21.9. The number of nitrogens with zero attached hydrogens (tertiary/aromatic N) is 4. The Morgan fingerprint density at radius 1 is 0.850 bits per heavy atom. The van der Waals surface area contributed by atoms with E-state index >= 15 is 0 Å². The van der Waals surface area contributed by atoms with Crippen molar-refractivity contribution < 1.29 is 4.79 Å². The maximum absolute atomic E-state index is 12.6. The zero-order valence-corrected chi connectivity index (χ0v) is 13.3. The zero-order chi connectivity index (χ0) is 14.5. The topological polar surface area (TPSA) is 30.0 Å². The largest absolute Gasteiger partial charge is 0.339 e. The molecule has 2 aliphatic rings. The van der Waals surface area contributed by atoms with Crippen molar-refractivity contribution >= 4 is 5.91 Å². The molecule has 1 unspecified atom stereocenters. The lowest BCUT2D eigenvalue weighted by atomic mass is 10.2. The first-order valence-electron chi connectivity index (χ1n) is 8.13. The van der Waals surface area contributed by atoms with Crippen LogP contribution in [-0.2, 0) is 4.79 Å². The Morgan fingerprint density at radius 2 is 1.30 bits per heavy atom. The highest BCUT2D eigenvalue weighted by Crippen LogP contribution is 2.11. The van der Waals surface area contributed by atoms with E-state index in [2.05, 4.69) is 40.4 Å². The summed E-state index contributed by atoms with van der Waals surface area (Å²) in [5.41, 5.74) is 0. The van der Waals surface area contributed by atoms with E-state index in [1.165, 1.54) is 0 Å². The van der Waals surface area contributed by atoms with E-state index in [-0.39, 0.29) is 6.04 Å². The summed E-state index contributed by atoms with van der Waals surface area (Å²) in [5.74, 6) is 0.325. The SMILES string of the molecule is CCN1CCN(C(=O)C(C)N2CCN(CC)CC2)CC1. The van der Waals surface area contributed by atoms with Gasteiger partial charge in [0, 0.05) is 52.4 Å². The molecule has 0 aliphatic carbocycles. The average molecular weight is 282 g/mol. The van der Waals surface area contributed by atoms with Crippen LogP contribution in [0, 0.1) is 0 Å². The number of hydrogen-bond donors (Lipinski definition) is 0. The molecule has 0 saturated carbocycles. The molecule has 1 atom stereocenters. The minimum atomic E-state index is 0.0437. The van der Waals surface area contributed by atoms with Gasteiger partial charge in [-0.15, -0.1) is 0 Å². The van der Waals surface area contributed by atoms with Gasteiger partial charge in [0.2, 0.25) is 5.91 Å². The van der Waals surface area contributed by atoms with E-state index in [1.807, 2.05) is 0 Å². The van der Waals surface area contributed by atoms with Gasteiger partial charge in [-0.3, -0.25) is 9.69 Å². The van der Waals surface area contributed by atoms with Gasteiger partial charge in [-0.25, -0.2) is 0 Å². The highest BCUT2D eigenvalue weighted by molar-refractivity contribution is 5.81. The molecule has 0 bridgehead atoms. The molecule has 116 valence electrons. The summed E-state index contributed by atoms with van der Waals surface area (Å²) in [6.07, 6.45) is 0. The van der Waals surface area contributed by atoms with Crippen molar-refractivity contribution in [2.24, 2.45) is 0 Å².